The number of pyridine rings is 1. The summed E-state index contributed by atoms with van der Waals surface area (Å²) in [5.41, 5.74) is 2.35. The molecule has 1 aromatic heterocycles. The van der Waals surface area contributed by atoms with Crippen molar-refractivity contribution in [1.82, 2.24) is 9.29 Å². The summed E-state index contributed by atoms with van der Waals surface area (Å²) in [6.45, 7) is 5.07. The molecule has 0 spiro atoms. The Labute approximate surface area is 194 Å². The van der Waals surface area contributed by atoms with Crippen molar-refractivity contribution in [3.8, 4) is 5.75 Å². The van der Waals surface area contributed by atoms with Crippen LogP contribution >= 0.6 is 0 Å². The second-order valence-electron chi connectivity index (χ2n) is 8.55. The number of amides is 1. The molecular formula is C25H29N3O4S. The largest absolute Gasteiger partial charge is 0.495 e. The number of carbonyl (C=O) groups excluding carboxylic acids is 1. The highest BCUT2D eigenvalue weighted by Crippen LogP contribution is 2.31. The van der Waals surface area contributed by atoms with Gasteiger partial charge in [0.05, 0.1) is 28.8 Å². The maximum absolute atomic E-state index is 13.4. The van der Waals surface area contributed by atoms with Crippen LogP contribution in [0.2, 0.25) is 0 Å². The van der Waals surface area contributed by atoms with Gasteiger partial charge in [0.1, 0.15) is 5.75 Å². The molecule has 1 fully saturated rings. The molecule has 1 saturated heterocycles. The summed E-state index contributed by atoms with van der Waals surface area (Å²) in [4.78, 5) is 18.2. The van der Waals surface area contributed by atoms with Crippen molar-refractivity contribution in [3.63, 3.8) is 0 Å². The second-order valence-corrected chi connectivity index (χ2v) is 10.5. The van der Waals surface area contributed by atoms with Crippen LogP contribution in [-0.4, -0.2) is 43.8 Å². The van der Waals surface area contributed by atoms with Gasteiger partial charge in [0, 0.05) is 24.2 Å². The van der Waals surface area contributed by atoms with E-state index < -0.39 is 10.0 Å². The lowest BCUT2D eigenvalue weighted by molar-refractivity contribution is 0.102. The Bertz CT molecular complexity index is 1280. The second kappa shape index (κ2) is 9.49. The van der Waals surface area contributed by atoms with Gasteiger partial charge >= 0.3 is 0 Å². The molecule has 0 radical (unpaired) electrons. The van der Waals surface area contributed by atoms with Crippen LogP contribution in [0.3, 0.4) is 0 Å². The molecule has 0 unspecified atom stereocenters. The van der Waals surface area contributed by atoms with Gasteiger partial charge in [0.2, 0.25) is 10.0 Å². The van der Waals surface area contributed by atoms with Crippen LogP contribution in [-0.2, 0) is 10.0 Å². The van der Waals surface area contributed by atoms with E-state index in [9.17, 15) is 13.2 Å². The van der Waals surface area contributed by atoms with Gasteiger partial charge in [-0.25, -0.2) is 8.42 Å². The highest BCUT2D eigenvalue weighted by atomic mass is 32.2. The molecule has 0 bridgehead atoms. The number of nitrogens with zero attached hydrogens (tertiary/aromatic N) is 2. The Balaban J connectivity index is 1.72. The van der Waals surface area contributed by atoms with Gasteiger partial charge in [-0.3, -0.25) is 9.78 Å². The molecule has 0 saturated carbocycles. The van der Waals surface area contributed by atoms with Crippen molar-refractivity contribution >= 4 is 32.5 Å². The molecule has 174 valence electrons. The number of para-hydroxylation sites is 1. The number of ether oxygens (including phenoxy) is 1. The number of anilines is 1. The predicted octanol–water partition coefficient (Wildman–Crippen LogP) is 4.79. The molecule has 1 N–H and O–H groups in total. The fourth-order valence-corrected chi connectivity index (χ4v) is 5.61. The topological polar surface area (TPSA) is 88.6 Å². The number of benzene rings is 2. The Morgan fingerprint density at radius 2 is 1.79 bits per heavy atom. The third kappa shape index (κ3) is 4.72. The first-order valence-corrected chi connectivity index (χ1v) is 12.6. The first-order valence-electron chi connectivity index (χ1n) is 11.2. The molecular weight excluding hydrogens is 438 g/mol. The number of carbonyl (C=O) groups is 1. The number of hydrogen-bond donors (Lipinski definition) is 1. The fourth-order valence-electron chi connectivity index (χ4n) is 4.07. The molecule has 4 rings (SSSR count). The summed E-state index contributed by atoms with van der Waals surface area (Å²) in [6.07, 6.45) is 2.74. The number of aromatic nitrogens is 1. The Kier molecular flexibility index (Phi) is 6.67. The summed E-state index contributed by atoms with van der Waals surface area (Å²) >= 11 is 0. The average molecular weight is 468 g/mol. The SMILES string of the molecule is COc1ccc(S(=O)(=O)N2CCCCC2)cc1NC(=O)c1cc(C(C)C)nc2ccccc12. The quantitative estimate of drug-likeness (QED) is 0.563. The molecule has 2 heterocycles. The number of nitrogens with one attached hydrogen (secondary N) is 1. The minimum Gasteiger partial charge on any atom is -0.495 e. The number of piperidine rings is 1. The molecule has 1 aliphatic rings. The van der Waals surface area contributed by atoms with Crippen LogP contribution in [0.4, 0.5) is 5.69 Å². The summed E-state index contributed by atoms with van der Waals surface area (Å²) in [6, 6.07) is 13.9. The molecule has 0 aliphatic carbocycles. The Hall–Kier alpha value is -2.97. The summed E-state index contributed by atoms with van der Waals surface area (Å²) < 4.78 is 33.2. The molecule has 8 heteroatoms. The van der Waals surface area contributed by atoms with Crippen LogP contribution in [0.1, 0.15) is 55.1 Å². The van der Waals surface area contributed by atoms with E-state index in [-0.39, 0.29) is 16.7 Å². The zero-order valence-electron chi connectivity index (χ0n) is 19.2. The van der Waals surface area contributed by atoms with E-state index in [4.69, 9.17) is 4.74 Å². The zero-order chi connectivity index (χ0) is 23.6. The average Bonchev–Trinajstić information content (AvgIpc) is 2.83. The van der Waals surface area contributed by atoms with Gasteiger partial charge in [-0.15, -0.1) is 0 Å². The monoisotopic (exact) mass is 467 g/mol. The number of methoxy groups -OCH3 is 1. The molecule has 0 atom stereocenters. The highest BCUT2D eigenvalue weighted by molar-refractivity contribution is 7.89. The molecule has 33 heavy (non-hydrogen) atoms. The lowest BCUT2D eigenvalue weighted by atomic mass is 10.0. The third-order valence-corrected chi connectivity index (χ3v) is 7.84. The van der Waals surface area contributed by atoms with Crippen molar-refractivity contribution in [2.24, 2.45) is 0 Å². The van der Waals surface area contributed by atoms with E-state index in [1.807, 2.05) is 38.1 Å². The van der Waals surface area contributed by atoms with Gasteiger partial charge in [0.15, 0.2) is 0 Å². The van der Waals surface area contributed by atoms with Crippen LogP contribution in [0, 0.1) is 0 Å². The van der Waals surface area contributed by atoms with Crippen molar-refractivity contribution in [2.45, 2.75) is 43.9 Å². The molecule has 7 nitrogen and oxygen atoms in total. The number of fused-ring (bicyclic) bond motifs is 1. The van der Waals surface area contributed by atoms with Crippen molar-refractivity contribution in [2.75, 3.05) is 25.5 Å². The van der Waals surface area contributed by atoms with E-state index in [0.717, 1.165) is 35.9 Å². The van der Waals surface area contributed by atoms with Crippen LogP contribution < -0.4 is 10.1 Å². The van der Waals surface area contributed by atoms with Crippen LogP contribution in [0.5, 0.6) is 5.75 Å². The molecule has 2 aromatic carbocycles. The maximum atomic E-state index is 13.4. The van der Waals surface area contributed by atoms with Crippen LogP contribution in [0.15, 0.2) is 53.4 Å². The van der Waals surface area contributed by atoms with Crippen molar-refractivity contribution in [1.29, 1.82) is 0 Å². The van der Waals surface area contributed by atoms with E-state index in [2.05, 4.69) is 10.3 Å². The molecule has 3 aromatic rings. The maximum Gasteiger partial charge on any atom is 0.256 e. The Morgan fingerprint density at radius 3 is 2.48 bits per heavy atom. The van der Waals surface area contributed by atoms with Gasteiger partial charge in [-0.1, -0.05) is 38.5 Å². The molecule has 1 aliphatic heterocycles. The van der Waals surface area contributed by atoms with Crippen LogP contribution in [0.25, 0.3) is 10.9 Å². The van der Waals surface area contributed by atoms with E-state index in [1.165, 1.54) is 23.5 Å². The summed E-state index contributed by atoms with van der Waals surface area (Å²) in [5.74, 6) is 0.193. The normalized spacial score (nSPS) is 15.0. The minimum absolute atomic E-state index is 0.142. The molecule has 1 amide bonds. The highest BCUT2D eigenvalue weighted by Gasteiger charge is 2.27. The number of rotatable bonds is 6. The van der Waals surface area contributed by atoms with Gasteiger partial charge in [0.25, 0.3) is 5.91 Å². The lowest BCUT2D eigenvalue weighted by Gasteiger charge is -2.26. The van der Waals surface area contributed by atoms with Gasteiger partial charge < -0.3 is 10.1 Å². The van der Waals surface area contributed by atoms with Crippen molar-refractivity contribution in [3.05, 3.63) is 59.8 Å². The zero-order valence-corrected chi connectivity index (χ0v) is 20.0. The standard InChI is InChI=1S/C25H29N3O4S/c1-17(2)22-16-20(19-9-5-6-10-21(19)26-22)25(29)27-23-15-18(11-12-24(23)32-3)33(30,31)28-13-7-4-8-14-28/h5-6,9-12,15-17H,4,7-8,13-14H2,1-3H3,(H,27,29). The number of sulfonamides is 1. The van der Waals surface area contributed by atoms with E-state index in [1.54, 1.807) is 12.1 Å². The lowest BCUT2D eigenvalue weighted by Crippen LogP contribution is -2.35. The Morgan fingerprint density at radius 1 is 1.06 bits per heavy atom. The minimum atomic E-state index is -3.65. The third-order valence-electron chi connectivity index (χ3n) is 5.94. The number of hydrogen-bond acceptors (Lipinski definition) is 5. The first kappa shape index (κ1) is 23.2. The van der Waals surface area contributed by atoms with Crippen molar-refractivity contribution < 1.29 is 17.9 Å². The van der Waals surface area contributed by atoms with E-state index >= 15 is 0 Å². The van der Waals surface area contributed by atoms with Gasteiger partial charge in [-0.05, 0) is 49.1 Å². The first-order chi connectivity index (χ1) is 15.8. The summed E-state index contributed by atoms with van der Waals surface area (Å²) in [7, 11) is -2.16. The smallest absolute Gasteiger partial charge is 0.256 e. The van der Waals surface area contributed by atoms with Gasteiger partial charge in [-0.2, -0.15) is 4.31 Å². The summed E-state index contributed by atoms with van der Waals surface area (Å²) in [5, 5.41) is 3.61. The fraction of sp³-hybridized carbons (Fsp3) is 0.360. The van der Waals surface area contributed by atoms with E-state index in [0.29, 0.717) is 30.1 Å². The predicted molar refractivity (Wildman–Crippen MR) is 129 cm³/mol.